The molecule has 7 heteroatoms. The maximum Gasteiger partial charge on any atom is 0.321 e. The molecule has 2 N–H and O–H groups in total. The molecule has 1 fully saturated rings. The lowest BCUT2D eigenvalue weighted by atomic mass is 9.90. The molecule has 0 bridgehead atoms. The van der Waals surface area contributed by atoms with Gasteiger partial charge in [-0.2, -0.15) is 4.72 Å². The van der Waals surface area contributed by atoms with Crippen molar-refractivity contribution >= 4 is 16.0 Å². The summed E-state index contributed by atoms with van der Waals surface area (Å²) in [6.07, 6.45) is 6.16. The normalized spacial score (nSPS) is 17.6. The third-order valence-corrected chi connectivity index (χ3v) is 5.60. The molecule has 23 heavy (non-hydrogen) atoms. The quantitative estimate of drug-likeness (QED) is 0.794. The number of nitrogens with one attached hydrogen (secondary N) is 1. The van der Waals surface area contributed by atoms with Crippen LogP contribution in [0.2, 0.25) is 0 Å². The van der Waals surface area contributed by atoms with E-state index in [9.17, 15) is 13.2 Å². The number of carboxylic acid groups (broad SMARTS) is 1. The highest BCUT2D eigenvalue weighted by Crippen LogP contribution is 2.25. The van der Waals surface area contributed by atoms with E-state index in [-0.39, 0.29) is 4.90 Å². The Balaban J connectivity index is 1.94. The lowest BCUT2D eigenvalue weighted by Crippen LogP contribution is -2.38. The molecule has 0 amide bonds. The van der Waals surface area contributed by atoms with E-state index in [1.54, 1.807) is 12.1 Å². The van der Waals surface area contributed by atoms with Gasteiger partial charge in [-0.15, -0.1) is 0 Å². The van der Waals surface area contributed by atoms with Crippen molar-refractivity contribution in [3.05, 3.63) is 24.3 Å². The van der Waals surface area contributed by atoms with Gasteiger partial charge in [0.05, 0.1) is 11.5 Å². The summed E-state index contributed by atoms with van der Waals surface area (Å²) >= 11 is 0. The molecule has 0 radical (unpaired) electrons. The number of aliphatic carboxylic acids is 1. The molecule has 1 aliphatic carbocycles. The zero-order valence-corrected chi connectivity index (χ0v) is 14.0. The SMILES string of the molecule is C[C@@H](NS(=O)(=O)c1ccc(OCC2CCCCC2)cc1)C(=O)O. The van der Waals surface area contributed by atoms with Crippen LogP contribution in [0.15, 0.2) is 29.2 Å². The summed E-state index contributed by atoms with van der Waals surface area (Å²) in [5, 5.41) is 8.78. The van der Waals surface area contributed by atoms with E-state index in [0.717, 1.165) is 0 Å². The van der Waals surface area contributed by atoms with Crippen LogP contribution < -0.4 is 9.46 Å². The van der Waals surface area contributed by atoms with Crippen LogP contribution in [0, 0.1) is 5.92 Å². The molecule has 128 valence electrons. The maximum atomic E-state index is 12.0. The van der Waals surface area contributed by atoms with Crippen LogP contribution >= 0.6 is 0 Å². The van der Waals surface area contributed by atoms with Gasteiger partial charge in [-0.1, -0.05) is 19.3 Å². The smallest absolute Gasteiger partial charge is 0.321 e. The molecule has 0 spiro atoms. The number of benzene rings is 1. The predicted molar refractivity (Wildman–Crippen MR) is 85.9 cm³/mol. The van der Waals surface area contributed by atoms with Gasteiger partial charge in [0.15, 0.2) is 0 Å². The number of hydrogen-bond acceptors (Lipinski definition) is 4. The molecule has 0 unspecified atom stereocenters. The summed E-state index contributed by atoms with van der Waals surface area (Å²) in [4.78, 5) is 10.8. The van der Waals surface area contributed by atoms with Crippen LogP contribution in [0.5, 0.6) is 5.75 Å². The Morgan fingerprint density at radius 1 is 1.26 bits per heavy atom. The Labute approximate surface area is 136 Å². The van der Waals surface area contributed by atoms with Crippen LogP contribution in [0.25, 0.3) is 0 Å². The molecule has 6 nitrogen and oxygen atoms in total. The Hall–Kier alpha value is -1.60. The Morgan fingerprint density at radius 2 is 1.87 bits per heavy atom. The largest absolute Gasteiger partial charge is 0.493 e. The zero-order valence-electron chi connectivity index (χ0n) is 13.2. The summed E-state index contributed by atoms with van der Waals surface area (Å²) in [6.45, 7) is 1.93. The van der Waals surface area contributed by atoms with E-state index >= 15 is 0 Å². The average molecular weight is 341 g/mol. The Morgan fingerprint density at radius 3 is 2.43 bits per heavy atom. The first-order valence-corrected chi connectivity index (χ1v) is 9.35. The molecule has 1 atom stereocenters. The topological polar surface area (TPSA) is 92.7 Å². The van der Waals surface area contributed by atoms with Crippen molar-refractivity contribution in [2.75, 3.05) is 6.61 Å². The van der Waals surface area contributed by atoms with E-state index < -0.39 is 22.0 Å². The fourth-order valence-electron chi connectivity index (χ4n) is 2.63. The van der Waals surface area contributed by atoms with Crippen LogP contribution in [-0.2, 0) is 14.8 Å². The molecule has 2 rings (SSSR count). The van der Waals surface area contributed by atoms with Gasteiger partial charge in [0, 0.05) is 0 Å². The highest BCUT2D eigenvalue weighted by Gasteiger charge is 2.21. The van der Waals surface area contributed by atoms with Gasteiger partial charge < -0.3 is 9.84 Å². The molecule has 0 aromatic heterocycles. The monoisotopic (exact) mass is 341 g/mol. The van der Waals surface area contributed by atoms with Crippen molar-refractivity contribution in [2.45, 2.75) is 50.0 Å². The first-order chi connectivity index (χ1) is 10.9. The van der Waals surface area contributed by atoms with Gasteiger partial charge in [-0.05, 0) is 49.9 Å². The number of ether oxygens (including phenoxy) is 1. The maximum absolute atomic E-state index is 12.0. The first kappa shape index (κ1) is 17.7. The van der Waals surface area contributed by atoms with Gasteiger partial charge in [-0.25, -0.2) is 8.42 Å². The predicted octanol–water partition coefficient (Wildman–Crippen LogP) is 2.40. The average Bonchev–Trinajstić information content (AvgIpc) is 2.54. The number of rotatable bonds is 7. The minimum absolute atomic E-state index is 0.0237. The van der Waals surface area contributed by atoms with Gasteiger partial charge in [-0.3, -0.25) is 4.79 Å². The van der Waals surface area contributed by atoms with Crippen molar-refractivity contribution in [3.63, 3.8) is 0 Å². The van der Waals surface area contributed by atoms with Crippen LogP contribution in [-0.4, -0.2) is 32.1 Å². The second kappa shape index (κ2) is 7.79. The third kappa shape index (κ3) is 5.21. The van der Waals surface area contributed by atoms with Crippen LogP contribution in [0.4, 0.5) is 0 Å². The molecule has 1 aromatic rings. The molecule has 1 aliphatic rings. The zero-order chi connectivity index (χ0) is 16.9. The van der Waals surface area contributed by atoms with E-state index in [4.69, 9.17) is 9.84 Å². The fraction of sp³-hybridized carbons (Fsp3) is 0.562. The minimum atomic E-state index is -3.84. The Bertz CT molecular complexity index is 620. The molecule has 1 saturated carbocycles. The summed E-state index contributed by atoms with van der Waals surface area (Å²) in [5.74, 6) is -0.0212. The van der Waals surface area contributed by atoms with Crippen LogP contribution in [0.1, 0.15) is 39.0 Å². The number of carboxylic acids is 1. The van der Waals surface area contributed by atoms with E-state index in [2.05, 4.69) is 4.72 Å². The molecular weight excluding hydrogens is 318 g/mol. The molecule has 0 saturated heterocycles. The third-order valence-electron chi connectivity index (χ3n) is 4.05. The lowest BCUT2D eigenvalue weighted by Gasteiger charge is -2.21. The number of carbonyl (C=O) groups is 1. The lowest BCUT2D eigenvalue weighted by molar-refractivity contribution is -0.138. The number of sulfonamides is 1. The van der Waals surface area contributed by atoms with Crippen molar-refractivity contribution in [2.24, 2.45) is 5.92 Å². The second-order valence-electron chi connectivity index (χ2n) is 5.97. The second-order valence-corrected chi connectivity index (χ2v) is 7.68. The summed E-state index contributed by atoms with van der Waals surface area (Å²) in [6, 6.07) is 4.87. The molecular formula is C16H23NO5S. The van der Waals surface area contributed by atoms with Crippen molar-refractivity contribution in [1.82, 2.24) is 4.72 Å². The van der Waals surface area contributed by atoms with Gasteiger partial charge >= 0.3 is 5.97 Å². The fourth-order valence-corrected chi connectivity index (χ4v) is 3.83. The van der Waals surface area contributed by atoms with E-state index in [0.29, 0.717) is 18.3 Å². The first-order valence-electron chi connectivity index (χ1n) is 7.86. The summed E-state index contributed by atoms with van der Waals surface area (Å²) in [5.41, 5.74) is 0. The van der Waals surface area contributed by atoms with E-state index in [1.165, 1.54) is 51.2 Å². The molecule has 0 heterocycles. The van der Waals surface area contributed by atoms with Gasteiger partial charge in [0.2, 0.25) is 10.0 Å². The summed E-state index contributed by atoms with van der Waals surface area (Å²) in [7, 11) is -3.84. The van der Waals surface area contributed by atoms with Crippen molar-refractivity contribution < 1.29 is 23.1 Å². The highest BCUT2D eigenvalue weighted by atomic mass is 32.2. The van der Waals surface area contributed by atoms with Crippen LogP contribution in [0.3, 0.4) is 0 Å². The highest BCUT2D eigenvalue weighted by molar-refractivity contribution is 7.89. The molecule has 0 aliphatic heterocycles. The summed E-state index contributed by atoms with van der Waals surface area (Å²) < 4.78 is 31.9. The van der Waals surface area contributed by atoms with E-state index in [1.807, 2.05) is 0 Å². The standard InChI is InChI=1S/C16H23NO5S/c1-12(16(18)19)17-23(20,21)15-9-7-14(8-10-15)22-11-13-5-3-2-4-6-13/h7-10,12-13,17H,2-6,11H2,1H3,(H,18,19)/t12-/m1/s1. The van der Waals surface area contributed by atoms with Gasteiger partial charge in [0.1, 0.15) is 11.8 Å². The Kier molecular flexibility index (Phi) is 6.01. The van der Waals surface area contributed by atoms with Gasteiger partial charge in [0.25, 0.3) is 0 Å². The number of hydrogen-bond donors (Lipinski definition) is 2. The van der Waals surface area contributed by atoms with Crippen molar-refractivity contribution in [1.29, 1.82) is 0 Å². The van der Waals surface area contributed by atoms with Crippen molar-refractivity contribution in [3.8, 4) is 5.75 Å². The molecule has 1 aromatic carbocycles. The minimum Gasteiger partial charge on any atom is -0.493 e.